The first kappa shape index (κ1) is 16.5. The van der Waals surface area contributed by atoms with Crippen LogP contribution in [0, 0.1) is 0 Å². The molecule has 5 nitrogen and oxygen atoms in total. The molecule has 0 saturated carbocycles. The number of carbonyl (C=O) groups is 2. The first-order chi connectivity index (χ1) is 12.2. The van der Waals surface area contributed by atoms with Gasteiger partial charge in [0.15, 0.2) is 0 Å². The van der Waals surface area contributed by atoms with E-state index in [2.05, 4.69) is 10.3 Å². The van der Waals surface area contributed by atoms with Crippen molar-refractivity contribution < 1.29 is 14.3 Å². The monoisotopic (exact) mass is 334 g/mol. The average molecular weight is 334 g/mol. The van der Waals surface area contributed by atoms with E-state index in [9.17, 15) is 9.59 Å². The van der Waals surface area contributed by atoms with Gasteiger partial charge in [0.25, 0.3) is 5.91 Å². The fourth-order valence-electron chi connectivity index (χ4n) is 2.41. The van der Waals surface area contributed by atoms with E-state index >= 15 is 0 Å². The van der Waals surface area contributed by atoms with Gasteiger partial charge in [-0.1, -0.05) is 60.7 Å². The van der Waals surface area contributed by atoms with Crippen LogP contribution in [-0.2, 0) is 16.1 Å². The van der Waals surface area contributed by atoms with Gasteiger partial charge in [-0.3, -0.25) is 4.79 Å². The number of ether oxygens (including phenoxy) is 1. The zero-order valence-electron chi connectivity index (χ0n) is 13.5. The number of esters is 1. The van der Waals surface area contributed by atoms with Gasteiger partial charge in [-0.2, -0.15) is 0 Å². The normalized spacial score (nSPS) is 11.5. The molecule has 0 fully saturated rings. The molecule has 1 atom stereocenters. The Bertz CT molecular complexity index is 815. The smallest absolute Gasteiger partial charge is 0.355 e. The van der Waals surface area contributed by atoms with Gasteiger partial charge in [-0.15, -0.1) is 0 Å². The van der Waals surface area contributed by atoms with Crippen LogP contribution >= 0.6 is 0 Å². The van der Waals surface area contributed by atoms with Crippen LogP contribution in [0.1, 0.15) is 27.7 Å². The molecule has 1 heterocycles. The molecule has 25 heavy (non-hydrogen) atoms. The summed E-state index contributed by atoms with van der Waals surface area (Å²) in [6.45, 7) is 0.364. The van der Waals surface area contributed by atoms with Crippen molar-refractivity contribution in [2.75, 3.05) is 0 Å². The number of hydrogen-bond donors (Lipinski definition) is 2. The third-order valence-electron chi connectivity index (χ3n) is 3.69. The van der Waals surface area contributed by atoms with Crippen LogP contribution < -0.4 is 5.32 Å². The highest BCUT2D eigenvalue weighted by atomic mass is 16.5. The van der Waals surface area contributed by atoms with Gasteiger partial charge in [0.2, 0.25) is 6.10 Å². The largest absolute Gasteiger partial charge is 0.443 e. The van der Waals surface area contributed by atoms with Crippen LogP contribution in [0.2, 0.25) is 0 Å². The molecular formula is C20H18N2O3. The lowest BCUT2D eigenvalue weighted by molar-refractivity contribution is -0.130. The first-order valence-corrected chi connectivity index (χ1v) is 7.95. The fourth-order valence-corrected chi connectivity index (χ4v) is 2.41. The number of aromatic nitrogens is 1. The zero-order valence-corrected chi connectivity index (χ0v) is 13.5. The van der Waals surface area contributed by atoms with Crippen molar-refractivity contribution in [2.45, 2.75) is 12.6 Å². The van der Waals surface area contributed by atoms with Gasteiger partial charge in [0.1, 0.15) is 5.69 Å². The van der Waals surface area contributed by atoms with Crippen molar-refractivity contribution in [1.82, 2.24) is 10.3 Å². The zero-order chi connectivity index (χ0) is 17.5. The van der Waals surface area contributed by atoms with Crippen LogP contribution in [-0.4, -0.2) is 16.9 Å². The lowest BCUT2D eigenvalue weighted by atomic mass is 10.1. The number of rotatable bonds is 6. The summed E-state index contributed by atoms with van der Waals surface area (Å²) < 4.78 is 5.45. The Balaban J connectivity index is 1.74. The van der Waals surface area contributed by atoms with E-state index in [0.717, 1.165) is 5.56 Å². The summed E-state index contributed by atoms with van der Waals surface area (Å²) in [4.78, 5) is 27.6. The summed E-state index contributed by atoms with van der Waals surface area (Å²) in [7, 11) is 0. The summed E-state index contributed by atoms with van der Waals surface area (Å²) >= 11 is 0. The van der Waals surface area contributed by atoms with Gasteiger partial charge in [-0.25, -0.2) is 4.79 Å². The highest BCUT2D eigenvalue weighted by Gasteiger charge is 2.25. The second kappa shape index (κ2) is 7.97. The predicted molar refractivity (Wildman–Crippen MR) is 93.7 cm³/mol. The number of hydrogen-bond acceptors (Lipinski definition) is 3. The summed E-state index contributed by atoms with van der Waals surface area (Å²) in [5.41, 5.74) is 1.89. The number of aromatic amines is 1. The molecule has 0 radical (unpaired) electrons. The molecular weight excluding hydrogens is 316 g/mol. The Morgan fingerprint density at radius 3 is 2.24 bits per heavy atom. The van der Waals surface area contributed by atoms with Gasteiger partial charge >= 0.3 is 5.97 Å². The maximum Gasteiger partial charge on any atom is 0.355 e. The maximum atomic E-state index is 12.6. The van der Waals surface area contributed by atoms with Gasteiger partial charge in [0.05, 0.1) is 0 Å². The van der Waals surface area contributed by atoms with Crippen molar-refractivity contribution in [3.63, 3.8) is 0 Å². The third-order valence-corrected chi connectivity index (χ3v) is 3.69. The summed E-state index contributed by atoms with van der Waals surface area (Å²) in [6, 6.07) is 21.8. The predicted octanol–water partition coefficient (Wildman–Crippen LogP) is 3.23. The average Bonchev–Trinajstić information content (AvgIpc) is 3.20. The van der Waals surface area contributed by atoms with Crippen LogP contribution in [0.15, 0.2) is 79.0 Å². The Labute approximate surface area is 145 Å². The summed E-state index contributed by atoms with van der Waals surface area (Å²) in [5, 5.41) is 2.82. The van der Waals surface area contributed by atoms with E-state index in [1.807, 2.05) is 36.4 Å². The van der Waals surface area contributed by atoms with E-state index in [-0.39, 0.29) is 5.91 Å². The molecule has 0 aliphatic heterocycles. The van der Waals surface area contributed by atoms with E-state index in [0.29, 0.717) is 17.8 Å². The summed E-state index contributed by atoms with van der Waals surface area (Å²) in [6.07, 6.45) is 0.615. The van der Waals surface area contributed by atoms with Crippen molar-refractivity contribution >= 4 is 11.9 Å². The van der Waals surface area contributed by atoms with Crippen molar-refractivity contribution in [3.05, 3.63) is 95.8 Å². The van der Waals surface area contributed by atoms with Crippen molar-refractivity contribution in [3.8, 4) is 0 Å². The molecule has 2 N–H and O–H groups in total. The molecule has 0 bridgehead atoms. The quantitative estimate of drug-likeness (QED) is 0.680. The molecule has 1 amide bonds. The van der Waals surface area contributed by atoms with Gasteiger partial charge in [0, 0.05) is 18.3 Å². The molecule has 0 aliphatic carbocycles. The van der Waals surface area contributed by atoms with Crippen LogP contribution in [0.4, 0.5) is 0 Å². The first-order valence-electron chi connectivity index (χ1n) is 7.95. The van der Waals surface area contributed by atoms with Crippen LogP contribution in [0.5, 0.6) is 0 Å². The Morgan fingerprint density at radius 2 is 1.60 bits per heavy atom. The molecule has 3 aromatic rings. The second-order valence-electron chi connectivity index (χ2n) is 5.48. The standard InChI is InChI=1S/C20H18N2O3/c23-19(22-14-15-8-3-1-4-9-15)18(16-10-5-2-6-11-16)25-20(24)17-12-7-13-21-17/h1-13,18,21H,14H2,(H,22,23). The number of nitrogens with one attached hydrogen (secondary N) is 2. The van der Waals surface area contributed by atoms with Gasteiger partial charge < -0.3 is 15.0 Å². The number of H-pyrrole nitrogens is 1. The Kier molecular flexibility index (Phi) is 5.26. The Hall–Kier alpha value is -3.34. The number of benzene rings is 2. The minimum absolute atomic E-state index is 0.303. The third kappa shape index (κ3) is 4.35. The molecule has 0 spiro atoms. The molecule has 1 unspecified atom stereocenters. The maximum absolute atomic E-state index is 12.6. The lowest BCUT2D eigenvalue weighted by Crippen LogP contribution is -2.32. The molecule has 1 aromatic heterocycles. The molecule has 126 valence electrons. The molecule has 0 aliphatic rings. The van der Waals surface area contributed by atoms with Crippen LogP contribution in [0.3, 0.4) is 0 Å². The van der Waals surface area contributed by atoms with E-state index < -0.39 is 12.1 Å². The van der Waals surface area contributed by atoms with Crippen molar-refractivity contribution in [1.29, 1.82) is 0 Å². The minimum atomic E-state index is -1.01. The summed E-state index contributed by atoms with van der Waals surface area (Å²) in [5.74, 6) is -0.941. The minimum Gasteiger partial charge on any atom is -0.443 e. The SMILES string of the molecule is O=C(OC(C(=O)NCc1ccccc1)c1ccccc1)c1ccc[nH]1. The number of amides is 1. The highest BCUT2D eigenvalue weighted by molar-refractivity contribution is 5.91. The van der Waals surface area contributed by atoms with E-state index in [1.54, 1.807) is 42.6 Å². The molecule has 3 rings (SSSR count). The molecule has 0 saturated heterocycles. The second-order valence-corrected chi connectivity index (χ2v) is 5.48. The number of carbonyl (C=O) groups excluding carboxylic acids is 2. The van der Waals surface area contributed by atoms with Crippen LogP contribution in [0.25, 0.3) is 0 Å². The fraction of sp³-hybridized carbons (Fsp3) is 0.100. The molecule has 5 heteroatoms. The highest BCUT2D eigenvalue weighted by Crippen LogP contribution is 2.19. The van der Waals surface area contributed by atoms with Crippen molar-refractivity contribution in [2.24, 2.45) is 0 Å². The van der Waals surface area contributed by atoms with E-state index in [4.69, 9.17) is 4.74 Å². The lowest BCUT2D eigenvalue weighted by Gasteiger charge is -2.18. The van der Waals surface area contributed by atoms with E-state index in [1.165, 1.54) is 0 Å². The topological polar surface area (TPSA) is 71.2 Å². The molecule has 2 aromatic carbocycles. The van der Waals surface area contributed by atoms with Gasteiger partial charge in [-0.05, 0) is 17.7 Å². The Morgan fingerprint density at radius 1 is 0.920 bits per heavy atom.